The third kappa shape index (κ3) is 1.70. The fraction of sp³-hybridized carbons (Fsp3) is 0.125. The number of nitrogen functional groups attached to an aromatic ring is 2. The van der Waals surface area contributed by atoms with Crippen molar-refractivity contribution in [3.63, 3.8) is 0 Å². The Labute approximate surface area is 65.7 Å². The number of hydrogen-bond donors (Lipinski definition) is 2. The van der Waals surface area contributed by atoms with Crippen LogP contribution in [0.4, 0.5) is 11.6 Å². The van der Waals surface area contributed by atoms with Gasteiger partial charge >= 0.3 is 0 Å². The molecule has 0 aliphatic rings. The van der Waals surface area contributed by atoms with Crippen molar-refractivity contribution in [2.45, 2.75) is 6.42 Å². The van der Waals surface area contributed by atoms with E-state index in [1.807, 2.05) is 6.07 Å². The molecule has 0 aromatic carbocycles. The van der Waals surface area contributed by atoms with Gasteiger partial charge in [0.05, 0.1) is 0 Å². The second-order valence-corrected chi connectivity index (χ2v) is 2.27. The molecule has 1 heterocycles. The van der Waals surface area contributed by atoms with Crippen molar-refractivity contribution in [2.75, 3.05) is 11.5 Å². The van der Waals surface area contributed by atoms with E-state index in [4.69, 9.17) is 11.5 Å². The molecule has 0 saturated heterocycles. The highest BCUT2D eigenvalue weighted by Gasteiger charge is 1.97. The van der Waals surface area contributed by atoms with Gasteiger partial charge in [0.1, 0.15) is 11.6 Å². The van der Waals surface area contributed by atoms with Gasteiger partial charge in [-0.15, -0.1) is 6.58 Å². The summed E-state index contributed by atoms with van der Waals surface area (Å²) in [6.45, 7) is 3.60. The molecule has 0 aliphatic carbocycles. The van der Waals surface area contributed by atoms with Crippen LogP contribution in [0.15, 0.2) is 24.8 Å². The first-order chi connectivity index (χ1) is 5.24. The quantitative estimate of drug-likeness (QED) is 0.616. The van der Waals surface area contributed by atoms with Gasteiger partial charge in [0.25, 0.3) is 0 Å². The first kappa shape index (κ1) is 7.60. The van der Waals surface area contributed by atoms with Gasteiger partial charge in [-0.2, -0.15) is 0 Å². The maximum absolute atomic E-state index is 5.57. The Morgan fingerprint density at radius 3 is 2.73 bits per heavy atom. The number of anilines is 2. The molecule has 1 aromatic rings. The fourth-order valence-electron chi connectivity index (χ4n) is 0.848. The smallest absolute Gasteiger partial charge is 0.129 e. The van der Waals surface area contributed by atoms with E-state index in [0.717, 1.165) is 12.0 Å². The van der Waals surface area contributed by atoms with Crippen LogP contribution in [-0.4, -0.2) is 4.98 Å². The van der Waals surface area contributed by atoms with E-state index in [9.17, 15) is 0 Å². The Morgan fingerprint density at radius 2 is 2.18 bits per heavy atom. The Bertz CT molecular complexity index is 268. The number of nitrogens with zero attached hydrogens (tertiary/aromatic N) is 1. The minimum atomic E-state index is 0.454. The molecule has 0 fully saturated rings. The number of allylic oxidation sites excluding steroid dienone is 1. The zero-order chi connectivity index (χ0) is 8.27. The summed E-state index contributed by atoms with van der Waals surface area (Å²) in [4.78, 5) is 3.90. The van der Waals surface area contributed by atoms with Crippen molar-refractivity contribution in [3.05, 3.63) is 30.4 Å². The Morgan fingerprint density at radius 1 is 1.45 bits per heavy atom. The van der Waals surface area contributed by atoms with Crippen molar-refractivity contribution in [1.82, 2.24) is 4.98 Å². The largest absolute Gasteiger partial charge is 0.384 e. The van der Waals surface area contributed by atoms with Crippen LogP contribution in [0.5, 0.6) is 0 Å². The molecule has 0 amide bonds. The van der Waals surface area contributed by atoms with Crippen LogP contribution in [0.1, 0.15) is 5.56 Å². The lowest BCUT2D eigenvalue weighted by atomic mass is 10.2. The minimum Gasteiger partial charge on any atom is -0.384 e. The van der Waals surface area contributed by atoms with Crippen molar-refractivity contribution in [2.24, 2.45) is 0 Å². The molecule has 0 aliphatic heterocycles. The van der Waals surface area contributed by atoms with Crippen molar-refractivity contribution < 1.29 is 0 Å². The van der Waals surface area contributed by atoms with Gasteiger partial charge in [0.15, 0.2) is 0 Å². The molecule has 0 radical (unpaired) electrons. The normalized spacial score (nSPS) is 9.45. The molecule has 58 valence electrons. The lowest BCUT2D eigenvalue weighted by molar-refractivity contribution is 1.21. The molecule has 1 aromatic heterocycles. The number of pyridine rings is 1. The van der Waals surface area contributed by atoms with Crippen LogP contribution >= 0.6 is 0 Å². The second-order valence-electron chi connectivity index (χ2n) is 2.27. The number of nitrogens with two attached hydrogens (primary N) is 2. The predicted molar refractivity (Wildman–Crippen MR) is 47.0 cm³/mol. The highest BCUT2D eigenvalue weighted by molar-refractivity contribution is 5.46. The summed E-state index contributed by atoms with van der Waals surface area (Å²) < 4.78 is 0. The van der Waals surface area contributed by atoms with Gasteiger partial charge in [-0.05, 0) is 18.1 Å². The van der Waals surface area contributed by atoms with Crippen molar-refractivity contribution in [1.29, 1.82) is 0 Å². The first-order valence-corrected chi connectivity index (χ1v) is 3.36. The van der Waals surface area contributed by atoms with E-state index in [1.54, 1.807) is 12.1 Å². The fourth-order valence-corrected chi connectivity index (χ4v) is 0.848. The van der Waals surface area contributed by atoms with Crippen LogP contribution < -0.4 is 11.5 Å². The molecule has 1 rings (SSSR count). The summed E-state index contributed by atoms with van der Waals surface area (Å²) in [6.07, 6.45) is 2.52. The molecule has 0 unspecified atom stereocenters. The molecule has 0 saturated carbocycles. The van der Waals surface area contributed by atoms with Gasteiger partial charge in [0, 0.05) is 0 Å². The van der Waals surface area contributed by atoms with E-state index in [1.165, 1.54) is 0 Å². The van der Waals surface area contributed by atoms with Crippen LogP contribution in [0.25, 0.3) is 0 Å². The molecule has 0 spiro atoms. The zero-order valence-corrected chi connectivity index (χ0v) is 6.25. The highest BCUT2D eigenvalue weighted by Crippen LogP contribution is 2.11. The van der Waals surface area contributed by atoms with Gasteiger partial charge in [-0.1, -0.05) is 12.1 Å². The minimum absolute atomic E-state index is 0.454. The molecular weight excluding hydrogens is 138 g/mol. The molecule has 0 bridgehead atoms. The van der Waals surface area contributed by atoms with E-state index in [2.05, 4.69) is 11.6 Å². The van der Waals surface area contributed by atoms with Crippen molar-refractivity contribution >= 4 is 11.6 Å². The lowest BCUT2D eigenvalue weighted by Gasteiger charge is -2.01. The van der Waals surface area contributed by atoms with Gasteiger partial charge in [-0.3, -0.25) is 0 Å². The predicted octanol–water partition coefficient (Wildman–Crippen LogP) is 0.974. The summed E-state index contributed by atoms with van der Waals surface area (Å²) in [5.74, 6) is 0.945. The molecule has 0 atom stereocenters. The second kappa shape index (κ2) is 3.05. The monoisotopic (exact) mass is 149 g/mol. The lowest BCUT2D eigenvalue weighted by Crippen LogP contribution is -1.99. The summed E-state index contributed by atoms with van der Waals surface area (Å²) in [7, 11) is 0. The van der Waals surface area contributed by atoms with Crippen LogP contribution in [0, 0.1) is 0 Å². The van der Waals surface area contributed by atoms with E-state index in [0.29, 0.717) is 11.6 Å². The maximum Gasteiger partial charge on any atom is 0.129 e. The Hall–Kier alpha value is -1.51. The average Bonchev–Trinajstić information content (AvgIpc) is 1.95. The van der Waals surface area contributed by atoms with Gasteiger partial charge < -0.3 is 11.5 Å². The maximum atomic E-state index is 5.57. The summed E-state index contributed by atoms with van der Waals surface area (Å²) in [6, 6.07) is 3.59. The molecule has 4 N–H and O–H groups in total. The first-order valence-electron chi connectivity index (χ1n) is 3.36. The molecule has 3 nitrogen and oxygen atoms in total. The standard InChI is InChI=1S/C8H11N3/c1-2-3-6-4-5-7(9)11-8(6)10/h2,4-5H,1,3H2,(H4,9,10,11). The highest BCUT2D eigenvalue weighted by atomic mass is 14.9. The van der Waals surface area contributed by atoms with Crippen molar-refractivity contribution in [3.8, 4) is 0 Å². The van der Waals surface area contributed by atoms with Gasteiger partial charge in [-0.25, -0.2) is 4.98 Å². The van der Waals surface area contributed by atoms with Crippen LogP contribution in [0.2, 0.25) is 0 Å². The summed E-state index contributed by atoms with van der Waals surface area (Å²) in [5, 5.41) is 0. The molecular formula is C8H11N3. The zero-order valence-electron chi connectivity index (χ0n) is 6.25. The number of aromatic nitrogens is 1. The topological polar surface area (TPSA) is 64.9 Å². The SMILES string of the molecule is C=CCc1ccc(N)nc1N. The number of hydrogen-bond acceptors (Lipinski definition) is 3. The van der Waals surface area contributed by atoms with Gasteiger partial charge in [0.2, 0.25) is 0 Å². The molecule has 3 heteroatoms. The van der Waals surface area contributed by atoms with Crippen LogP contribution in [0.3, 0.4) is 0 Å². The summed E-state index contributed by atoms with van der Waals surface area (Å²) in [5.41, 5.74) is 11.9. The van der Waals surface area contributed by atoms with E-state index in [-0.39, 0.29) is 0 Å². The molecule has 11 heavy (non-hydrogen) atoms. The summed E-state index contributed by atoms with van der Waals surface area (Å²) >= 11 is 0. The number of rotatable bonds is 2. The third-order valence-corrected chi connectivity index (χ3v) is 1.40. The van der Waals surface area contributed by atoms with Crippen LogP contribution in [-0.2, 0) is 6.42 Å². The van der Waals surface area contributed by atoms with E-state index >= 15 is 0 Å². The third-order valence-electron chi connectivity index (χ3n) is 1.40. The van der Waals surface area contributed by atoms with E-state index < -0.39 is 0 Å². The Balaban J connectivity index is 2.98. The average molecular weight is 149 g/mol. The Kier molecular flexibility index (Phi) is 2.11.